The minimum Gasteiger partial charge on any atom is -0.337 e. The molecule has 0 radical (unpaired) electrons. The van der Waals surface area contributed by atoms with Gasteiger partial charge in [0.25, 0.3) is 17.5 Å². The number of aromatic nitrogens is 5. The normalized spacial score (nSPS) is 16.0. The molecule has 0 aromatic carbocycles. The highest BCUT2D eigenvalue weighted by Gasteiger charge is 2.37. The van der Waals surface area contributed by atoms with E-state index in [9.17, 15) is 18.0 Å². The SMILES string of the molecule is O=C(c1ccccn1)N1CCC(c2ccnc3nc(C(F)(F)F)nn23)CC1. The van der Waals surface area contributed by atoms with Crippen LogP contribution in [0.4, 0.5) is 13.2 Å². The summed E-state index contributed by atoms with van der Waals surface area (Å²) in [4.78, 5) is 25.6. The smallest absolute Gasteiger partial charge is 0.337 e. The lowest BCUT2D eigenvalue weighted by molar-refractivity contribution is -0.144. The van der Waals surface area contributed by atoms with Crippen molar-refractivity contribution >= 4 is 11.7 Å². The van der Waals surface area contributed by atoms with Crippen molar-refractivity contribution in [1.29, 1.82) is 0 Å². The molecule has 0 aliphatic carbocycles. The van der Waals surface area contributed by atoms with E-state index in [2.05, 4.69) is 20.1 Å². The molecule has 4 heterocycles. The number of pyridine rings is 1. The summed E-state index contributed by atoms with van der Waals surface area (Å²) in [7, 11) is 0. The molecule has 0 unspecified atom stereocenters. The van der Waals surface area contributed by atoms with Crippen molar-refractivity contribution < 1.29 is 18.0 Å². The van der Waals surface area contributed by atoms with Crippen LogP contribution < -0.4 is 0 Å². The van der Waals surface area contributed by atoms with Gasteiger partial charge in [0.15, 0.2) is 0 Å². The van der Waals surface area contributed by atoms with Crippen LogP contribution in [0.3, 0.4) is 0 Å². The van der Waals surface area contributed by atoms with Crippen LogP contribution in [0.25, 0.3) is 5.78 Å². The molecular formula is C17H15F3N6O. The van der Waals surface area contributed by atoms with E-state index in [0.717, 1.165) is 4.52 Å². The Labute approximate surface area is 151 Å². The number of piperidine rings is 1. The molecule has 27 heavy (non-hydrogen) atoms. The standard InChI is InChI=1S/C17H15F3N6O/c18-17(19,20)15-23-16-22-8-4-13(26(16)24-15)11-5-9-25(10-6-11)14(27)12-3-1-2-7-21-12/h1-4,7-8,11H,5-6,9-10H2. The molecule has 1 amide bonds. The number of nitrogens with zero attached hydrogens (tertiary/aromatic N) is 6. The van der Waals surface area contributed by atoms with Crippen molar-refractivity contribution in [3.05, 3.63) is 53.9 Å². The summed E-state index contributed by atoms with van der Waals surface area (Å²) in [5, 5.41) is 3.59. The third-order valence-electron chi connectivity index (χ3n) is 4.61. The number of likely N-dealkylation sites (tertiary alicyclic amines) is 1. The van der Waals surface area contributed by atoms with Crippen LogP contribution in [-0.4, -0.2) is 48.5 Å². The number of amides is 1. The maximum absolute atomic E-state index is 12.9. The van der Waals surface area contributed by atoms with Crippen LogP contribution in [0.1, 0.15) is 40.8 Å². The highest BCUT2D eigenvalue weighted by Crippen LogP contribution is 2.30. The van der Waals surface area contributed by atoms with Gasteiger partial charge in [-0.25, -0.2) is 9.50 Å². The lowest BCUT2D eigenvalue weighted by atomic mass is 9.93. The Kier molecular flexibility index (Phi) is 4.25. The zero-order chi connectivity index (χ0) is 19.0. The van der Waals surface area contributed by atoms with Gasteiger partial charge < -0.3 is 4.90 Å². The van der Waals surface area contributed by atoms with Crippen LogP contribution in [0.2, 0.25) is 0 Å². The second-order valence-corrected chi connectivity index (χ2v) is 6.30. The van der Waals surface area contributed by atoms with Crippen LogP contribution in [0, 0.1) is 0 Å². The number of halogens is 3. The quantitative estimate of drug-likeness (QED) is 0.687. The molecule has 3 aromatic heterocycles. The van der Waals surface area contributed by atoms with Crippen molar-refractivity contribution in [1.82, 2.24) is 29.5 Å². The molecule has 1 saturated heterocycles. The maximum Gasteiger partial charge on any atom is 0.453 e. The monoisotopic (exact) mass is 376 g/mol. The summed E-state index contributed by atoms with van der Waals surface area (Å²) in [5.74, 6) is -1.46. The third-order valence-corrected chi connectivity index (χ3v) is 4.61. The van der Waals surface area contributed by atoms with E-state index in [-0.39, 0.29) is 17.6 Å². The largest absolute Gasteiger partial charge is 0.453 e. The average Bonchev–Trinajstić information content (AvgIpc) is 3.13. The molecule has 1 fully saturated rings. The Hall–Kier alpha value is -3.04. The average molecular weight is 376 g/mol. The fourth-order valence-electron chi connectivity index (χ4n) is 3.27. The minimum atomic E-state index is -4.62. The molecule has 0 bridgehead atoms. The highest BCUT2D eigenvalue weighted by molar-refractivity contribution is 5.92. The molecule has 10 heteroatoms. The van der Waals surface area contributed by atoms with Crippen molar-refractivity contribution in [3.8, 4) is 0 Å². The van der Waals surface area contributed by atoms with Gasteiger partial charge in [0, 0.05) is 31.4 Å². The molecule has 1 aliphatic rings. The van der Waals surface area contributed by atoms with Crippen LogP contribution >= 0.6 is 0 Å². The summed E-state index contributed by atoms with van der Waals surface area (Å²) >= 11 is 0. The Balaban J connectivity index is 1.53. The van der Waals surface area contributed by atoms with Gasteiger partial charge in [-0.3, -0.25) is 9.78 Å². The van der Waals surface area contributed by atoms with Crippen molar-refractivity contribution in [2.45, 2.75) is 24.9 Å². The Bertz CT molecular complexity index is 964. The first-order chi connectivity index (χ1) is 12.9. The number of hydrogen-bond acceptors (Lipinski definition) is 5. The van der Waals surface area contributed by atoms with E-state index in [4.69, 9.17) is 0 Å². The zero-order valence-electron chi connectivity index (χ0n) is 14.1. The first-order valence-corrected chi connectivity index (χ1v) is 8.42. The van der Waals surface area contributed by atoms with Crippen molar-refractivity contribution in [3.63, 3.8) is 0 Å². The van der Waals surface area contributed by atoms with Gasteiger partial charge >= 0.3 is 6.18 Å². The first kappa shape index (κ1) is 17.4. The third kappa shape index (κ3) is 3.34. The van der Waals surface area contributed by atoms with E-state index >= 15 is 0 Å². The van der Waals surface area contributed by atoms with Crippen molar-refractivity contribution in [2.75, 3.05) is 13.1 Å². The van der Waals surface area contributed by atoms with Crippen LogP contribution in [-0.2, 0) is 6.18 Å². The van der Waals surface area contributed by atoms with Crippen LogP contribution in [0.5, 0.6) is 0 Å². The molecule has 1 aliphatic heterocycles. The second-order valence-electron chi connectivity index (χ2n) is 6.30. The molecule has 0 N–H and O–H groups in total. The summed E-state index contributed by atoms with van der Waals surface area (Å²) in [5.41, 5.74) is 1.00. The number of alkyl halides is 3. The summed E-state index contributed by atoms with van der Waals surface area (Å²) in [6, 6.07) is 6.81. The molecule has 7 nitrogen and oxygen atoms in total. The number of rotatable bonds is 2. The number of hydrogen-bond donors (Lipinski definition) is 0. The molecule has 4 rings (SSSR count). The van der Waals surface area contributed by atoms with Gasteiger partial charge in [0.05, 0.1) is 5.69 Å². The molecule has 0 saturated carbocycles. The lowest BCUT2D eigenvalue weighted by Crippen LogP contribution is -2.38. The van der Waals surface area contributed by atoms with E-state index in [1.165, 1.54) is 6.20 Å². The number of fused-ring (bicyclic) bond motifs is 1. The van der Waals surface area contributed by atoms with Gasteiger partial charge in [0.2, 0.25) is 0 Å². The maximum atomic E-state index is 12.9. The summed E-state index contributed by atoms with van der Waals surface area (Å²) < 4.78 is 39.8. The molecule has 140 valence electrons. The molecule has 3 aromatic rings. The predicted molar refractivity (Wildman–Crippen MR) is 87.9 cm³/mol. The Morgan fingerprint density at radius 3 is 2.52 bits per heavy atom. The van der Waals surface area contributed by atoms with Gasteiger partial charge in [-0.2, -0.15) is 18.2 Å². The Morgan fingerprint density at radius 2 is 1.85 bits per heavy atom. The van der Waals surface area contributed by atoms with E-state index < -0.39 is 12.0 Å². The zero-order valence-corrected chi connectivity index (χ0v) is 14.1. The second kappa shape index (κ2) is 6.60. The molecule has 0 spiro atoms. The Morgan fingerprint density at radius 1 is 1.07 bits per heavy atom. The summed E-state index contributed by atoms with van der Waals surface area (Å²) in [6.07, 6.45) is -0.400. The fraction of sp³-hybridized carbons (Fsp3) is 0.353. The first-order valence-electron chi connectivity index (χ1n) is 8.42. The van der Waals surface area contributed by atoms with E-state index in [1.807, 2.05) is 0 Å². The topological polar surface area (TPSA) is 76.3 Å². The van der Waals surface area contributed by atoms with Crippen molar-refractivity contribution in [2.24, 2.45) is 0 Å². The number of carbonyl (C=O) groups is 1. The number of carbonyl (C=O) groups excluding carboxylic acids is 1. The predicted octanol–water partition coefficient (Wildman–Crippen LogP) is 2.56. The van der Waals surface area contributed by atoms with Gasteiger partial charge in [-0.1, -0.05) is 6.07 Å². The molecule has 0 atom stereocenters. The minimum absolute atomic E-state index is 0.0360. The van der Waals surface area contributed by atoms with Gasteiger partial charge in [-0.15, -0.1) is 5.10 Å². The van der Waals surface area contributed by atoms with Gasteiger partial charge in [-0.05, 0) is 31.0 Å². The van der Waals surface area contributed by atoms with E-state index in [0.29, 0.717) is 37.3 Å². The van der Waals surface area contributed by atoms with E-state index in [1.54, 1.807) is 35.4 Å². The van der Waals surface area contributed by atoms with Gasteiger partial charge in [0.1, 0.15) is 5.69 Å². The highest BCUT2D eigenvalue weighted by atomic mass is 19.4. The fourth-order valence-corrected chi connectivity index (χ4v) is 3.27. The lowest BCUT2D eigenvalue weighted by Gasteiger charge is -2.31. The summed E-state index contributed by atoms with van der Waals surface area (Å²) in [6.45, 7) is 0.982. The molecular weight excluding hydrogens is 361 g/mol. The van der Waals surface area contributed by atoms with Crippen LogP contribution in [0.15, 0.2) is 36.7 Å².